The summed E-state index contributed by atoms with van der Waals surface area (Å²) < 4.78 is 15.8. The second kappa shape index (κ2) is 8.79. The highest BCUT2D eigenvalue weighted by Gasteiger charge is 2.24. The number of rotatable bonds is 7. The molecule has 2 aromatic rings. The van der Waals surface area contributed by atoms with Crippen LogP contribution in [0.2, 0.25) is 5.02 Å². The Hall–Kier alpha value is -3.32. The fourth-order valence-electron chi connectivity index (χ4n) is 2.68. The lowest BCUT2D eigenvalue weighted by atomic mass is 10.1. The van der Waals surface area contributed by atoms with Gasteiger partial charge in [-0.05, 0) is 47.9 Å². The molecule has 1 heterocycles. The third-order valence-corrected chi connectivity index (χ3v) is 4.42. The van der Waals surface area contributed by atoms with Gasteiger partial charge in [0.2, 0.25) is 5.90 Å². The van der Waals surface area contributed by atoms with Crippen molar-refractivity contribution in [1.82, 2.24) is 0 Å². The van der Waals surface area contributed by atoms with Crippen molar-refractivity contribution >= 4 is 35.5 Å². The number of primary amides is 1. The van der Waals surface area contributed by atoms with E-state index >= 15 is 0 Å². The van der Waals surface area contributed by atoms with E-state index in [0.29, 0.717) is 11.1 Å². The third kappa shape index (κ3) is 4.75. The first-order valence-electron chi connectivity index (χ1n) is 8.81. The quantitative estimate of drug-likeness (QED) is 0.554. The Bertz CT molecular complexity index is 1010. The maximum atomic E-state index is 12.2. The zero-order valence-electron chi connectivity index (χ0n) is 15.9. The normalized spacial score (nSPS) is 14.5. The van der Waals surface area contributed by atoms with Crippen LogP contribution in [0.3, 0.4) is 0 Å². The van der Waals surface area contributed by atoms with Crippen molar-refractivity contribution in [2.75, 3.05) is 13.7 Å². The lowest BCUT2D eigenvalue weighted by molar-refractivity contribution is -0.130. The molecule has 0 unspecified atom stereocenters. The molecule has 0 saturated carbocycles. The number of nitrogens with two attached hydrogens (primary N) is 1. The molecule has 0 aromatic heterocycles. The number of halogens is 1. The van der Waals surface area contributed by atoms with Gasteiger partial charge in [0.1, 0.15) is 0 Å². The first-order chi connectivity index (χ1) is 13.9. The fraction of sp³-hybridized carbons (Fsp3) is 0.190. The molecule has 2 N–H and O–H groups in total. The molecule has 150 valence electrons. The van der Waals surface area contributed by atoms with Crippen molar-refractivity contribution < 1.29 is 23.8 Å². The molecule has 8 heteroatoms. The molecule has 7 nitrogen and oxygen atoms in total. The average molecular weight is 415 g/mol. The largest absolute Gasteiger partial charge is 0.493 e. The van der Waals surface area contributed by atoms with Gasteiger partial charge in [-0.2, -0.15) is 0 Å². The Kier molecular flexibility index (Phi) is 6.19. The number of carbonyl (C=O) groups excluding carboxylic acids is 2. The van der Waals surface area contributed by atoms with Crippen LogP contribution in [0, 0.1) is 0 Å². The second-order valence-electron chi connectivity index (χ2n) is 6.18. The van der Waals surface area contributed by atoms with Gasteiger partial charge in [-0.1, -0.05) is 30.7 Å². The Morgan fingerprint density at radius 3 is 2.62 bits per heavy atom. The van der Waals surface area contributed by atoms with E-state index in [1.807, 2.05) is 24.3 Å². The topological polar surface area (TPSA) is 100 Å². The van der Waals surface area contributed by atoms with E-state index in [1.54, 1.807) is 12.1 Å². The molecule has 0 bridgehead atoms. The molecule has 0 radical (unpaired) electrons. The van der Waals surface area contributed by atoms with E-state index in [0.717, 1.165) is 6.42 Å². The Labute approximate surface area is 172 Å². The van der Waals surface area contributed by atoms with Crippen LogP contribution in [-0.2, 0) is 20.7 Å². The van der Waals surface area contributed by atoms with E-state index in [4.69, 9.17) is 31.5 Å². The van der Waals surface area contributed by atoms with Gasteiger partial charge in [0, 0.05) is 5.56 Å². The number of benzene rings is 2. The van der Waals surface area contributed by atoms with Crippen molar-refractivity contribution in [3.8, 4) is 11.5 Å². The number of nitrogens with zero attached hydrogens (tertiary/aromatic N) is 1. The smallest absolute Gasteiger partial charge is 0.363 e. The summed E-state index contributed by atoms with van der Waals surface area (Å²) in [6.07, 6.45) is 2.45. The lowest BCUT2D eigenvalue weighted by Gasteiger charge is -2.12. The first-order valence-corrected chi connectivity index (χ1v) is 9.19. The van der Waals surface area contributed by atoms with Gasteiger partial charge in [-0.3, -0.25) is 4.79 Å². The van der Waals surface area contributed by atoms with Crippen LogP contribution in [0.1, 0.15) is 23.6 Å². The molecule has 0 atom stereocenters. The number of hydrogen-bond acceptors (Lipinski definition) is 6. The summed E-state index contributed by atoms with van der Waals surface area (Å²) in [7, 11) is 1.43. The maximum Gasteiger partial charge on any atom is 0.363 e. The Balaban J connectivity index is 1.90. The van der Waals surface area contributed by atoms with Crippen LogP contribution in [0.25, 0.3) is 6.08 Å². The molecule has 0 aliphatic carbocycles. The van der Waals surface area contributed by atoms with Gasteiger partial charge in [-0.25, -0.2) is 9.79 Å². The number of ether oxygens (including phenoxy) is 3. The van der Waals surface area contributed by atoms with E-state index in [1.165, 1.54) is 18.7 Å². The minimum absolute atomic E-state index is 0.128. The predicted molar refractivity (Wildman–Crippen MR) is 109 cm³/mol. The van der Waals surface area contributed by atoms with Gasteiger partial charge in [-0.15, -0.1) is 0 Å². The Morgan fingerprint density at radius 1 is 1.28 bits per heavy atom. The van der Waals surface area contributed by atoms with Gasteiger partial charge in [0.15, 0.2) is 23.8 Å². The van der Waals surface area contributed by atoms with Crippen LogP contribution in [0.5, 0.6) is 11.5 Å². The number of aryl methyl sites for hydroxylation is 1. The molecular formula is C21H19ClN2O5. The minimum atomic E-state index is -0.642. The highest BCUT2D eigenvalue weighted by Crippen LogP contribution is 2.37. The Morgan fingerprint density at radius 2 is 2.00 bits per heavy atom. The van der Waals surface area contributed by atoms with Crippen molar-refractivity contribution in [1.29, 1.82) is 0 Å². The van der Waals surface area contributed by atoms with Gasteiger partial charge in [0.25, 0.3) is 5.91 Å². The second-order valence-corrected chi connectivity index (χ2v) is 6.58. The highest BCUT2D eigenvalue weighted by atomic mass is 35.5. The summed E-state index contributed by atoms with van der Waals surface area (Å²) in [6, 6.07) is 10.8. The first kappa shape index (κ1) is 20.4. The predicted octanol–water partition coefficient (Wildman–Crippen LogP) is 3.12. The summed E-state index contributed by atoms with van der Waals surface area (Å²) >= 11 is 6.23. The molecule has 2 aromatic carbocycles. The van der Waals surface area contributed by atoms with E-state index in [9.17, 15) is 9.59 Å². The van der Waals surface area contributed by atoms with Crippen LogP contribution in [-0.4, -0.2) is 31.5 Å². The number of hydrogen-bond donors (Lipinski definition) is 1. The standard InChI is InChI=1S/C21H19ClN2O5/c1-3-12-4-6-14(7-5-12)20-24-16(21(26)29-20)9-13-8-15(22)19(17(10-13)27-2)28-11-18(23)25/h4-10H,3,11H2,1-2H3,(H2,23,25)/b16-9+. The summed E-state index contributed by atoms with van der Waals surface area (Å²) in [5.41, 5.74) is 7.66. The average Bonchev–Trinajstić information content (AvgIpc) is 3.07. The molecule has 0 fully saturated rings. The number of cyclic esters (lactones) is 1. The van der Waals surface area contributed by atoms with Gasteiger partial charge < -0.3 is 19.9 Å². The lowest BCUT2D eigenvalue weighted by Crippen LogP contribution is -2.20. The molecule has 0 spiro atoms. The number of amides is 1. The number of aliphatic imine (C=N–C) groups is 1. The minimum Gasteiger partial charge on any atom is -0.493 e. The van der Waals surface area contributed by atoms with Crippen LogP contribution in [0.15, 0.2) is 47.1 Å². The van der Waals surface area contributed by atoms with Crippen LogP contribution >= 0.6 is 11.6 Å². The van der Waals surface area contributed by atoms with Crippen molar-refractivity contribution in [2.24, 2.45) is 10.7 Å². The van der Waals surface area contributed by atoms with E-state index < -0.39 is 11.9 Å². The summed E-state index contributed by atoms with van der Waals surface area (Å²) in [5, 5.41) is 0.197. The molecule has 29 heavy (non-hydrogen) atoms. The van der Waals surface area contributed by atoms with Crippen LogP contribution < -0.4 is 15.2 Å². The molecule has 3 rings (SSSR count). The van der Waals surface area contributed by atoms with Crippen molar-refractivity contribution in [2.45, 2.75) is 13.3 Å². The fourth-order valence-corrected chi connectivity index (χ4v) is 2.95. The van der Waals surface area contributed by atoms with Gasteiger partial charge >= 0.3 is 5.97 Å². The molecule has 0 saturated heterocycles. The number of carbonyl (C=O) groups is 2. The summed E-state index contributed by atoms with van der Waals surface area (Å²) in [4.78, 5) is 27.4. The number of esters is 1. The van der Waals surface area contributed by atoms with Gasteiger partial charge in [0.05, 0.1) is 12.1 Å². The van der Waals surface area contributed by atoms with E-state index in [2.05, 4.69) is 11.9 Å². The molecule has 1 aliphatic heterocycles. The third-order valence-electron chi connectivity index (χ3n) is 4.14. The zero-order chi connectivity index (χ0) is 21.0. The summed E-state index contributed by atoms with van der Waals surface area (Å²) in [5.74, 6) is -0.496. The van der Waals surface area contributed by atoms with Crippen LogP contribution in [0.4, 0.5) is 0 Å². The zero-order valence-corrected chi connectivity index (χ0v) is 16.7. The monoisotopic (exact) mass is 414 g/mol. The number of methoxy groups -OCH3 is 1. The molecule has 1 aliphatic rings. The SMILES string of the molecule is CCc1ccc(C2=N/C(=C/c3cc(Cl)c(OCC(N)=O)c(OC)c3)C(=O)O2)cc1. The maximum absolute atomic E-state index is 12.2. The molecule has 1 amide bonds. The highest BCUT2D eigenvalue weighted by molar-refractivity contribution is 6.32. The van der Waals surface area contributed by atoms with Crippen molar-refractivity contribution in [3.63, 3.8) is 0 Å². The summed E-state index contributed by atoms with van der Waals surface area (Å²) in [6.45, 7) is 1.72. The van der Waals surface area contributed by atoms with E-state index in [-0.39, 0.29) is 34.7 Å². The van der Waals surface area contributed by atoms with Crippen molar-refractivity contribution in [3.05, 3.63) is 63.8 Å². The molecular weight excluding hydrogens is 396 g/mol.